The van der Waals surface area contributed by atoms with Gasteiger partial charge in [0.25, 0.3) is 11.6 Å². The van der Waals surface area contributed by atoms with Crippen molar-refractivity contribution in [1.29, 1.82) is 0 Å². The molecule has 108 valence electrons. The third kappa shape index (κ3) is 3.35. The van der Waals surface area contributed by atoms with Gasteiger partial charge in [-0.3, -0.25) is 14.9 Å². The van der Waals surface area contributed by atoms with Crippen LogP contribution in [0.25, 0.3) is 0 Å². The summed E-state index contributed by atoms with van der Waals surface area (Å²) < 4.78 is 0. The monoisotopic (exact) mass is 305 g/mol. The number of amides is 1. The maximum absolute atomic E-state index is 12.1. The number of nitrogens with one attached hydrogen (secondary N) is 1. The molecule has 1 amide bonds. The Morgan fingerprint density at radius 1 is 1.33 bits per heavy atom. The van der Waals surface area contributed by atoms with Gasteiger partial charge in [-0.05, 0) is 37.6 Å². The lowest BCUT2D eigenvalue weighted by atomic mass is 10.1. The van der Waals surface area contributed by atoms with E-state index in [1.807, 2.05) is 6.92 Å². The van der Waals surface area contributed by atoms with E-state index in [-0.39, 0.29) is 10.8 Å². The number of aryl methyl sites for hydroxylation is 2. The Hall–Kier alpha value is -2.47. The number of rotatable bonds is 3. The van der Waals surface area contributed by atoms with E-state index in [2.05, 4.69) is 10.3 Å². The number of carbonyl (C=O) groups excluding carboxylic acids is 1. The number of benzene rings is 1. The molecule has 0 unspecified atom stereocenters. The molecule has 0 aliphatic carbocycles. The molecule has 0 fully saturated rings. The second kappa shape index (κ2) is 5.88. The van der Waals surface area contributed by atoms with Crippen LogP contribution in [0.5, 0.6) is 0 Å². The Kier molecular flexibility index (Phi) is 4.18. The second-order valence-corrected chi connectivity index (χ2v) is 4.92. The number of hydrogen-bond acceptors (Lipinski definition) is 4. The molecule has 1 aromatic heterocycles. The summed E-state index contributed by atoms with van der Waals surface area (Å²) >= 11 is 5.91. The Morgan fingerprint density at radius 3 is 2.67 bits per heavy atom. The van der Waals surface area contributed by atoms with Crippen LogP contribution in [-0.4, -0.2) is 15.8 Å². The number of nitro groups is 1. The van der Waals surface area contributed by atoms with Crippen molar-refractivity contribution in [3.8, 4) is 0 Å². The van der Waals surface area contributed by atoms with Crippen LogP contribution in [0, 0.1) is 24.0 Å². The fourth-order valence-corrected chi connectivity index (χ4v) is 1.99. The highest BCUT2D eigenvalue weighted by molar-refractivity contribution is 6.32. The summed E-state index contributed by atoms with van der Waals surface area (Å²) in [5, 5.41) is 13.6. The first kappa shape index (κ1) is 14.9. The van der Waals surface area contributed by atoms with E-state index in [0.717, 1.165) is 5.56 Å². The van der Waals surface area contributed by atoms with Crippen LogP contribution in [0.3, 0.4) is 0 Å². The van der Waals surface area contributed by atoms with Gasteiger partial charge in [0.1, 0.15) is 0 Å². The van der Waals surface area contributed by atoms with E-state index in [0.29, 0.717) is 16.8 Å². The molecule has 0 spiro atoms. The van der Waals surface area contributed by atoms with Gasteiger partial charge in [-0.1, -0.05) is 11.6 Å². The number of nitro benzene ring substituents is 1. The fourth-order valence-electron chi connectivity index (χ4n) is 1.84. The van der Waals surface area contributed by atoms with Crippen LogP contribution >= 0.6 is 11.6 Å². The Labute approximate surface area is 125 Å². The molecular formula is C14H12ClN3O3. The van der Waals surface area contributed by atoms with Crippen LogP contribution < -0.4 is 5.32 Å². The van der Waals surface area contributed by atoms with Crippen molar-refractivity contribution in [2.45, 2.75) is 13.8 Å². The number of carbonyl (C=O) groups is 1. The summed E-state index contributed by atoms with van der Waals surface area (Å²) in [5.74, 6) is -0.401. The topological polar surface area (TPSA) is 85.1 Å². The van der Waals surface area contributed by atoms with Crippen molar-refractivity contribution in [2.24, 2.45) is 0 Å². The molecule has 7 heteroatoms. The van der Waals surface area contributed by atoms with Gasteiger partial charge in [0.05, 0.1) is 10.6 Å². The van der Waals surface area contributed by atoms with Gasteiger partial charge < -0.3 is 5.32 Å². The smallest absolute Gasteiger partial charge is 0.272 e. The molecule has 2 aromatic rings. The largest absolute Gasteiger partial charge is 0.319 e. The van der Waals surface area contributed by atoms with Crippen LogP contribution in [0.15, 0.2) is 30.5 Å². The summed E-state index contributed by atoms with van der Waals surface area (Å²) in [6.45, 7) is 3.41. The summed E-state index contributed by atoms with van der Waals surface area (Å²) in [6.07, 6.45) is 1.59. The molecule has 1 aromatic carbocycles. The SMILES string of the molecule is Cc1cnc(Cl)c(NC(=O)c2ccc([N+](=O)[O-])c(C)c2)c1. The molecule has 1 N–H and O–H groups in total. The highest BCUT2D eigenvalue weighted by atomic mass is 35.5. The maximum atomic E-state index is 12.1. The summed E-state index contributed by atoms with van der Waals surface area (Å²) in [5.41, 5.74) is 1.96. The molecule has 2 rings (SSSR count). The third-order valence-electron chi connectivity index (χ3n) is 2.88. The lowest BCUT2D eigenvalue weighted by molar-refractivity contribution is -0.385. The van der Waals surface area contributed by atoms with Gasteiger partial charge in [0.2, 0.25) is 0 Å². The van der Waals surface area contributed by atoms with Crippen LogP contribution in [-0.2, 0) is 0 Å². The van der Waals surface area contributed by atoms with Crippen molar-refractivity contribution in [3.05, 3.63) is 62.4 Å². The van der Waals surface area contributed by atoms with E-state index < -0.39 is 10.8 Å². The fraction of sp³-hybridized carbons (Fsp3) is 0.143. The van der Waals surface area contributed by atoms with E-state index in [9.17, 15) is 14.9 Å². The number of pyridine rings is 1. The molecule has 0 saturated carbocycles. The molecule has 0 saturated heterocycles. The minimum atomic E-state index is -0.488. The quantitative estimate of drug-likeness (QED) is 0.534. The van der Waals surface area contributed by atoms with E-state index >= 15 is 0 Å². The Bertz CT molecular complexity index is 731. The van der Waals surface area contributed by atoms with E-state index in [1.54, 1.807) is 19.2 Å². The normalized spacial score (nSPS) is 10.2. The lowest BCUT2D eigenvalue weighted by Gasteiger charge is -2.08. The van der Waals surface area contributed by atoms with Crippen molar-refractivity contribution in [2.75, 3.05) is 5.32 Å². The van der Waals surface area contributed by atoms with Crippen molar-refractivity contribution >= 4 is 28.9 Å². The third-order valence-corrected chi connectivity index (χ3v) is 3.18. The average Bonchev–Trinajstić information content (AvgIpc) is 2.42. The second-order valence-electron chi connectivity index (χ2n) is 4.56. The van der Waals surface area contributed by atoms with Crippen molar-refractivity contribution in [3.63, 3.8) is 0 Å². The first-order valence-electron chi connectivity index (χ1n) is 6.07. The summed E-state index contributed by atoms with van der Waals surface area (Å²) in [6, 6.07) is 5.87. The zero-order valence-corrected chi connectivity index (χ0v) is 12.1. The predicted octanol–water partition coefficient (Wildman–Crippen LogP) is 3.51. The highest BCUT2D eigenvalue weighted by Crippen LogP contribution is 2.22. The van der Waals surface area contributed by atoms with E-state index in [1.165, 1.54) is 18.2 Å². The van der Waals surface area contributed by atoms with Crippen LogP contribution in [0.1, 0.15) is 21.5 Å². The molecule has 0 bridgehead atoms. The first-order chi connectivity index (χ1) is 9.88. The molecule has 0 radical (unpaired) electrons. The molecular weight excluding hydrogens is 294 g/mol. The zero-order valence-electron chi connectivity index (χ0n) is 11.4. The van der Waals surface area contributed by atoms with E-state index in [4.69, 9.17) is 11.6 Å². The van der Waals surface area contributed by atoms with Gasteiger partial charge in [0, 0.05) is 23.4 Å². The molecule has 0 aliphatic heterocycles. The summed E-state index contributed by atoms with van der Waals surface area (Å²) in [4.78, 5) is 26.4. The Balaban J connectivity index is 2.26. The minimum Gasteiger partial charge on any atom is -0.319 e. The molecule has 0 atom stereocenters. The standard InChI is InChI=1S/C14H12ClN3O3/c1-8-5-11(13(15)16-7-8)17-14(19)10-3-4-12(18(20)21)9(2)6-10/h3-7H,1-2H3,(H,17,19). The van der Waals surface area contributed by atoms with Crippen LogP contribution in [0.4, 0.5) is 11.4 Å². The molecule has 21 heavy (non-hydrogen) atoms. The Morgan fingerprint density at radius 2 is 2.05 bits per heavy atom. The zero-order chi connectivity index (χ0) is 15.6. The van der Waals surface area contributed by atoms with Crippen molar-refractivity contribution in [1.82, 2.24) is 4.98 Å². The molecule has 6 nitrogen and oxygen atoms in total. The predicted molar refractivity (Wildman–Crippen MR) is 79.8 cm³/mol. The lowest BCUT2D eigenvalue weighted by Crippen LogP contribution is -2.13. The van der Waals surface area contributed by atoms with Gasteiger partial charge in [-0.2, -0.15) is 0 Å². The maximum Gasteiger partial charge on any atom is 0.272 e. The number of nitrogens with zero attached hydrogens (tertiary/aromatic N) is 2. The van der Waals surface area contributed by atoms with Gasteiger partial charge >= 0.3 is 0 Å². The molecule has 1 heterocycles. The highest BCUT2D eigenvalue weighted by Gasteiger charge is 2.15. The van der Waals surface area contributed by atoms with Gasteiger partial charge in [-0.25, -0.2) is 4.98 Å². The number of hydrogen-bond donors (Lipinski definition) is 1. The molecule has 0 aliphatic rings. The first-order valence-corrected chi connectivity index (χ1v) is 6.45. The van der Waals surface area contributed by atoms with Crippen molar-refractivity contribution < 1.29 is 9.72 Å². The van der Waals surface area contributed by atoms with Crippen LogP contribution in [0.2, 0.25) is 5.15 Å². The average molecular weight is 306 g/mol. The van der Waals surface area contributed by atoms with Gasteiger partial charge in [0.15, 0.2) is 5.15 Å². The summed E-state index contributed by atoms with van der Waals surface area (Å²) in [7, 11) is 0. The minimum absolute atomic E-state index is 0.0261. The number of halogens is 1. The number of anilines is 1. The number of aromatic nitrogens is 1. The van der Waals surface area contributed by atoms with Gasteiger partial charge in [-0.15, -0.1) is 0 Å².